The minimum atomic E-state index is -0.592. The molecule has 6 nitrogen and oxygen atoms in total. The molecule has 3 aromatic rings. The predicted octanol–water partition coefficient (Wildman–Crippen LogP) is 3.03. The van der Waals surface area contributed by atoms with Crippen molar-refractivity contribution in [1.29, 1.82) is 0 Å². The van der Waals surface area contributed by atoms with E-state index in [-0.39, 0.29) is 5.69 Å². The summed E-state index contributed by atoms with van der Waals surface area (Å²) in [4.78, 5) is 29.3. The van der Waals surface area contributed by atoms with Crippen LogP contribution in [-0.2, 0) is 6.54 Å². The summed E-state index contributed by atoms with van der Waals surface area (Å²) in [6.45, 7) is 4.22. The van der Waals surface area contributed by atoms with Gasteiger partial charge < -0.3 is 5.32 Å². The molecule has 0 saturated heterocycles. The first-order valence-corrected chi connectivity index (χ1v) is 7.82. The maximum atomic E-state index is 12.6. The third-order valence-electron chi connectivity index (χ3n) is 3.67. The Hall–Kier alpha value is -2.73. The van der Waals surface area contributed by atoms with E-state index in [1.54, 1.807) is 35.1 Å². The van der Waals surface area contributed by atoms with Crippen molar-refractivity contribution in [2.75, 3.05) is 5.32 Å². The van der Waals surface area contributed by atoms with Gasteiger partial charge >= 0.3 is 0 Å². The molecule has 0 saturated carbocycles. The van der Waals surface area contributed by atoms with Crippen LogP contribution in [0.25, 0.3) is 10.9 Å². The normalized spacial score (nSPS) is 10.8. The monoisotopic (exact) mass is 342 g/mol. The Morgan fingerprint density at radius 2 is 2.12 bits per heavy atom. The number of anilines is 1. The number of rotatable bonds is 3. The molecule has 2 aromatic heterocycles. The molecule has 0 spiro atoms. The number of pyridine rings is 1. The smallest absolute Gasteiger partial charge is 0.281 e. The number of fused-ring (bicyclic) bond motifs is 1. The van der Waals surface area contributed by atoms with Gasteiger partial charge in [0.2, 0.25) is 5.43 Å². The van der Waals surface area contributed by atoms with E-state index in [0.29, 0.717) is 28.3 Å². The van der Waals surface area contributed by atoms with E-state index >= 15 is 0 Å². The zero-order valence-electron chi connectivity index (χ0n) is 13.2. The van der Waals surface area contributed by atoms with Gasteiger partial charge in [0.1, 0.15) is 5.82 Å². The Labute approximate surface area is 143 Å². The van der Waals surface area contributed by atoms with E-state index in [1.807, 2.05) is 19.9 Å². The second kappa shape index (κ2) is 6.41. The molecule has 24 heavy (non-hydrogen) atoms. The van der Waals surface area contributed by atoms with Crippen LogP contribution in [0, 0.1) is 6.92 Å². The molecule has 122 valence electrons. The molecule has 1 N–H and O–H groups in total. The van der Waals surface area contributed by atoms with E-state index in [4.69, 9.17) is 11.6 Å². The van der Waals surface area contributed by atoms with Gasteiger partial charge in [0, 0.05) is 17.8 Å². The SMILES string of the molecule is CCn1nc(C(=O)Nc2ncccc2C)c(=O)c2cc(Cl)ccc21. The molecule has 0 bridgehead atoms. The quantitative estimate of drug-likeness (QED) is 0.793. The van der Waals surface area contributed by atoms with Crippen molar-refractivity contribution < 1.29 is 4.79 Å². The van der Waals surface area contributed by atoms with Crippen molar-refractivity contribution in [3.8, 4) is 0 Å². The Morgan fingerprint density at radius 1 is 1.33 bits per heavy atom. The van der Waals surface area contributed by atoms with Crippen LogP contribution in [0.2, 0.25) is 5.02 Å². The Balaban J connectivity index is 2.12. The molecule has 1 amide bonds. The molecule has 0 radical (unpaired) electrons. The number of aromatic nitrogens is 3. The molecule has 2 heterocycles. The molecule has 3 rings (SSSR count). The number of hydrogen-bond donors (Lipinski definition) is 1. The molecule has 0 atom stereocenters. The number of amides is 1. The van der Waals surface area contributed by atoms with Gasteiger partial charge in [-0.2, -0.15) is 5.10 Å². The number of halogens is 1. The van der Waals surface area contributed by atoms with Crippen LogP contribution >= 0.6 is 11.6 Å². The van der Waals surface area contributed by atoms with Gasteiger partial charge in [-0.3, -0.25) is 14.3 Å². The first-order chi connectivity index (χ1) is 11.5. The summed E-state index contributed by atoms with van der Waals surface area (Å²) in [6, 6.07) is 8.55. The number of carbonyl (C=O) groups excluding carboxylic acids is 1. The van der Waals surface area contributed by atoms with E-state index in [2.05, 4.69) is 15.4 Å². The molecule has 7 heteroatoms. The van der Waals surface area contributed by atoms with Crippen LogP contribution in [0.15, 0.2) is 41.3 Å². The molecule has 1 aromatic carbocycles. The third-order valence-corrected chi connectivity index (χ3v) is 3.91. The molecule has 0 aliphatic rings. The van der Waals surface area contributed by atoms with E-state index in [1.165, 1.54) is 0 Å². The third kappa shape index (κ3) is 2.88. The maximum Gasteiger partial charge on any atom is 0.281 e. The van der Waals surface area contributed by atoms with E-state index in [9.17, 15) is 9.59 Å². The lowest BCUT2D eigenvalue weighted by Gasteiger charge is -2.11. The molecular weight excluding hydrogens is 328 g/mol. The number of carbonyl (C=O) groups is 1. The lowest BCUT2D eigenvalue weighted by atomic mass is 10.2. The highest BCUT2D eigenvalue weighted by Crippen LogP contribution is 2.17. The number of nitrogens with zero attached hydrogens (tertiary/aromatic N) is 3. The Bertz CT molecular complexity index is 998. The van der Waals surface area contributed by atoms with Crippen molar-refractivity contribution in [1.82, 2.24) is 14.8 Å². The molecule has 0 aliphatic heterocycles. The van der Waals surface area contributed by atoms with Gasteiger partial charge in [-0.15, -0.1) is 0 Å². The second-order valence-corrected chi connectivity index (χ2v) is 5.71. The maximum absolute atomic E-state index is 12.6. The summed E-state index contributed by atoms with van der Waals surface area (Å²) in [6.07, 6.45) is 1.57. The highest BCUT2D eigenvalue weighted by Gasteiger charge is 2.18. The van der Waals surface area contributed by atoms with Crippen molar-refractivity contribution in [2.45, 2.75) is 20.4 Å². The van der Waals surface area contributed by atoms with Crippen molar-refractivity contribution >= 4 is 34.2 Å². The van der Waals surface area contributed by atoms with Gasteiger partial charge in [0.15, 0.2) is 5.69 Å². The summed E-state index contributed by atoms with van der Waals surface area (Å²) in [7, 11) is 0. The minimum absolute atomic E-state index is 0.184. The van der Waals surface area contributed by atoms with Crippen LogP contribution in [0.4, 0.5) is 5.82 Å². The number of hydrogen-bond acceptors (Lipinski definition) is 4. The average Bonchev–Trinajstić information content (AvgIpc) is 2.57. The van der Waals surface area contributed by atoms with Gasteiger partial charge in [-0.05, 0) is 43.7 Å². The van der Waals surface area contributed by atoms with Crippen molar-refractivity contribution in [2.24, 2.45) is 0 Å². The summed E-state index contributed by atoms with van der Waals surface area (Å²) in [5, 5.41) is 7.63. The van der Waals surface area contributed by atoms with Gasteiger partial charge in [-0.1, -0.05) is 17.7 Å². The summed E-state index contributed by atoms with van der Waals surface area (Å²) in [5.74, 6) is -0.191. The first-order valence-electron chi connectivity index (χ1n) is 7.44. The highest BCUT2D eigenvalue weighted by atomic mass is 35.5. The number of nitrogens with one attached hydrogen (secondary N) is 1. The molecule has 0 fully saturated rings. The zero-order valence-corrected chi connectivity index (χ0v) is 14.0. The fourth-order valence-electron chi connectivity index (χ4n) is 2.44. The lowest BCUT2D eigenvalue weighted by molar-refractivity contribution is 0.101. The second-order valence-electron chi connectivity index (χ2n) is 5.28. The van der Waals surface area contributed by atoms with Gasteiger partial charge in [0.25, 0.3) is 5.91 Å². The summed E-state index contributed by atoms with van der Waals surface area (Å²) in [5.41, 5.74) is 0.794. The topological polar surface area (TPSA) is 76.9 Å². The van der Waals surface area contributed by atoms with Crippen LogP contribution < -0.4 is 10.7 Å². The first kappa shape index (κ1) is 16.1. The highest BCUT2D eigenvalue weighted by molar-refractivity contribution is 6.31. The summed E-state index contributed by atoms with van der Waals surface area (Å²) >= 11 is 5.99. The zero-order chi connectivity index (χ0) is 17.3. The van der Waals surface area contributed by atoms with Crippen molar-refractivity contribution in [3.63, 3.8) is 0 Å². The Kier molecular flexibility index (Phi) is 4.31. The fourth-order valence-corrected chi connectivity index (χ4v) is 2.61. The minimum Gasteiger partial charge on any atom is -0.305 e. The molecular formula is C17H15ClN4O2. The molecule has 0 aliphatic carbocycles. The van der Waals surface area contributed by atoms with E-state index in [0.717, 1.165) is 5.56 Å². The summed E-state index contributed by atoms with van der Waals surface area (Å²) < 4.78 is 1.60. The van der Waals surface area contributed by atoms with Crippen LogP contribution in [0.1, 0.15) is 23.0 Å². The number of benzene rings is 1. The van der Waals surface area contributed by atoms with Crippen molar-refractivity contribution in [3.05, 3.63) is 63.0 Å². The fraction of sp³-hybridized carbons (Fsp3) is 0.176. The average molecular weight is 343 g/mol. The van der Waals surface area contributed by atoms with Crippen LogP contribution in [0.3, 0.4) is 0 Å². The number of aryl methyl sites for hydroxylation is 2. The standard InChI is InChI=1S/C17H15ClN4O2/c1-3-22-13-7-6-11(18)9-12(13)15(23)14(21-22)17(24)20-16-10(2)5-4-8-19-16/h4-9H,3H2,1-2H3,(H,19,20,24). The largest absolute Gasteiger partial charge is 0.305 e. The lowest BCUT2D eigenvalue weighted by Crippen LogP contribution is -2.27. The van der Waals surface area contributed by atoms with Crippen LogP contribution in [-0.4, -0.2) is 20.7 Å². The van der Waals surface area contributed by atoms with Gasteiger partial charge in [0.05, 0.1) is 10.9 Å². The Morgan fingerprint density at radius 3 is 2.83 bits per heavy atom. The van der Waals surface area contributed by atoms with Crippen LogP contribution in [0.5, 0.6) is 0 Å². The predicted molar refractivity (Wildman–Crippen MR) is 93.6 cm³/mol. The molecule has 0 unspecified atom stereocenters. The van der Waals surface area contributed by atoms with Gasteiger partial charge in [-0.25, -0.2) is 4.98 Å². The van der Waals surface area contributed by atoms with E-state index < -0.39 is 11.3 Å².